The molecule has 0 bridgehead atoms. The Bertz CT molecular complexity index is 349. The zero-order chi connectivity index (χ0) is 10.8. The smallest absolute Gasteiger partial charge is 0.137 e. The number of aliphatic hydroxyl groups is 1. The van der Waals surface area contributed by atoms with Gasteiger partial charge in [-0.1, -0.05) is 18.9 Å². The minimum atomic E-state index is -0.456. The highest BCUT2D eigenvalue weighted by atomic mass is 79.9. The van der Waals surface area contributed by atoms with E-state index in [0.29, 0.717) is 4.47 Å². The molecule has 1 aromatic rings. The van der Waals surface area contributed by atoms with Crippen LogP contribution < -0.4 is 0 Å². The monoisotopic (exact) mass is 272 g/mol. The van der Waals surface area contributed by atoms with Crippen LogP contribution in [-0.2, 0) is 0 Å². The van der Waals surface area contributed by atoms with Crippen LogP contribution in [-0.4, -0.2) is 5.11 Å². The van der Waals surface area contributed by atoms with Crippen LogP contribution in [0.5, 0.6) is 0 Å². The fourth-order valence-corrected chi connectivity index (χ4v) is 2.08. The van der Waals surface area contributed by atoms with Gasteiger partial charge in [0.2, 0.25) is 0 Å². The van der Waals surface area contributed by atoms with E-state index in [1.54, 1.807) is 12.1 Å². The lowest BCUT2D eigenvalue weighted by Gasteiger charge is -2.11. The molecule has 1 fully saturated rings. The Hall–Kier alpha value is -0.410. The van der Waals surface area contributed by atoms with Crippen molar-refractivity contribution in [3.8, 4) is 0 Å². The van der Waals surface area contributed by atoms with Crippen LogP contribution >= 0.6 is 15.9 Å². The SMILES string of the molecule is OC(CCC1CC1)c1ccc(F)c(Br)c1. The molecule has 1 unspecified atom stereocenters. The van der Waals surface area contributed by atoms with Gasteiger partial charge in [-0.2, -0.15) is 0 Å². The zero-order valence-corrected chi connectivity index (χ0v) is 10.0. The van der Waals surface area contributed by atoms with Gasteiger partial charge in [0.1, 0.15) is 5.82 Å². The van der Waals surface area contributed by atoms with Gasteiger partial charge in [0.15, 0.2) is 0 Å². The van der Waals surface area contributed by atoms with Crippen molar-refractivity contribution in [2.24, 2.45) is 5.92 Å². The summed E-state index contributed by atoms with van der Waals surface area (Å²) in [7, 11) is 0. The van der Waals surface area contributed by atoms with Crippen molar-refractivity contribution in [3.63, 3.8) is 0 Å². The van der Waals surface area contributed by atoms with Gasteiger partial charge in [-0.05, 0) is 52.4 Å². The molecule has 0 heterocycles. The van der Waals surface area contributed by atoms with Gasteiger partial charge in [0.05, 0.1) is 10.6 Å². The first kappa shape index (κ1) is 11.1. The molecule has 1 aliphatic rings. The Labute approximate surface area is 97.4 Å². The van der Waals surface area contributed by atoms with Crippen molar-refractivity contribution < 1.29 is 9.50 Å². The predicted octanol–water partition coefficient (Wildman–Crippen LogP) is 3.81. The molecule has 1 N–H and O–H groups in total. The Kier molecular flexibility index (Phi) is 3.42. The van der Waals surface area contributed by atoms with Gasteiger partial charge in [-0.25, -0.2) is 4.39 Å². The first-order valence-corrected chi connectivity index (χ1v) is 6.09. The van der Waals surface area contributed by atoms with Gasteiger partial charge in [0, 0.05) is 0 Å². The van der Waals surface area contributed by atoms with Crippen LogP contribution in [0.2, 0.25) is 0 Å². The molecule has 1 aromatic carbocycles. The highest BCUT2D eigenvalue weighted by molar-refractivity contribution is 9.10. The second-order valence-corrected chi connectivity index (χ2v) is 5.06. The molecule has 3 heteroatoms. The summed E-state index contributed by atoms with van der Waals surface area (Å²) in [5, 5.41) is 9.87. The summed E-state index contributed by atoms with van der Waals surface area (Å²) in [6, 6.07) is 4.70. The number of hydrogen-bond acceptors (Lipinski definition) is 1. The molecule has 1 aliphatic carbocycles. The first-order valence-electron chi connectivity index (χ1n) is 5.30. The van der Waals surface area contributed by atoms with Gasteiger partial charge in [0.25, 0.3) is 0 Å². The summed E-state index contributed by atoms with van der Waals surface area (Å²) >= 11 is 3.12. The van der Waals surface area contributed by atoms with Crippen molar-refractivity contribution in [2.45, 2.75) is 31.8 Å². The standard InChI is InChI=1S/C12H14BrFO/c13-10-7-9(4-5-11(10)14)12(15)6-3-8-1-2-8/h4-5,7-8,12,15H,1-3,6H2. The molecule has 1 nitrogen and oxygen atoms in total. The molecule has 82 valence electrons. The van der Waals surface area contributed by atoms with E-state index in [-0.39, 0.29) is 5.82 Å². The maximum absolute atomic E-state index is 13.0. The van der Waals surface area contributed by atoms with Crippen LogP contribution in [0.3, 0.4) is 0 Å². The molecule has 0 spiro atoms. The summed E-state index contributed by atoms with van der Waals surface area (Å²) < 4.78 is 13.4. The Morgan fingerprint density at radius 2 is 2.20 bits per heavy atom. The molecule has 2 rings (SSSR count). The highest BCUT2D eigenvalue weighted by Gasteiger charge is 2.22. The van der Waals surface area contributed by atoms with Gasteiger partial charge < -0.3 is 5.11 Å². The number of hydrogen-bond donors (Lipinski definition) is 1. The lowest BCUT2D eigenvalue weighted by molar-refractivity contribution is 0.162. The van der Waals surface area contributed by atoms with E-state index in [1.165, 1.54) is 18.9 Å². The minimum Gasteiger partial charge on any atom is -0.388 e. The number of rotatable bonds is 4. The summed E-state index contributed by atoms with van der Waals surface area (Å²) in [4.78, 5) is 0. The molecule has 1 saturated carbocycles. The third-order valence-electron chi connectivity index (χ3n) is 2.87. The van der Waals surface area contributed by atoms with Crippen molar-refractivity contribution in [3.05, 3.63) is 34.1 Å². The van der Waals surface area contributed by atoms with E-state index in [1.807, 2.05) is 0 Å². The van der Waals surface area contributed by atoms with Gasteiger partial charge >= 0.3 is 0 Å². The zero-order valence-electron chi connectivity index (χ0n) is 8.42. The summed E-state index contributed by atoms with van der Waals surface area (Å²) in [6.07, 6.45) is 4.01. The third-order valence-corrected chi connectivity index (χ3v) is 3.48. The topological polar surface area (TPSA) is 20.2 Å². The summed E-state index contributed by atoms with van der Waals surface area (Å²) in [6.45, 7) is 0. The lowest BCUT2D eigenvalue weighted by atomic mass is 10.0. The highest BCUT2D eigenvalue weighted by Crippen LogP contribution is 2.36. The molecule has 0 aromatic heterocycles. The maximum Gasteiger partial charge on any atom is 0.137 e. The van der Waals surface area contributed by atoms with Gasteiger partial charge in [-0.3, -0.25) is 0 Å². The Morgan fingerprint density at radius 1 is 1.47 bits per heavy atom. The first-order chi connectivity index (χ1) is 7.16. The quantitative estimate of drug-likeness (QED) is 0.884. The van der Waals surface area contributed by atoms with Crippen molar-refractivity contribution >= 4 is 15.9 Å². The van der Waals surface area contributed by atoms with E-state index < -0.39 is 6.10 Å². The van der Waals surface area contributed by atoms with Crippen molar-refractivity contribution in [1.82, 2.24) is 0 Å². The van der Waals surface area contributed by atoms with E-state index in [4.69, 9.17) is 0 Å². The van der Waals surface area contributed by atoms with E-state index >= 15 is 0 Å². The Morgan fingerprint density at radius 3 is 2.80 bits per heavy atom. The largest absolute Gasteiger partial charge is 0.388 e. The van der Waals surface area contributed by atoms with Crippen LogP contribution in [0.1, 0.15) is 37.4 Å². The molecule has 0 amide bonds. The average molecular weight is 273 g/mol. The van der Waals surface area contributed by atoms with Gasteiger partial charge in [-0.15, -0.1) is 0 Å². The predicted molar refractivity (Wildman–Crippen MR) is 61.0 cm³/mol. The number of aliphatic hydroxyl groups excluding tert-OH is 1. The lowest BCUT2D eigenvalue weighted by Crippen LogP contribution is -1.98. The average Bonchev–Trinajstić information content (AvgIpc) is 3.02. The van der Waals surface area contributed by atoms with E-state index in [2.05, 4.69) is 15.9 Å². The molecular formula is C12H14BrFO. The summed E-state index contributed by atoms with van der Waals surface area (Å²) in [5.74, 6) is 0.539. The fraction of sp³-hybridized carbons (Fsp3) is 0.500. The second kappa shape index (κ2) is 4.62. The van der Waals surface area contributed by atoms with Crippen molar-refractivity contribution in [1.29, 1.82) is 0 Å². The van der Waals surface area contributed by atoms with Crippen LogP contribution in [0.15, 0.2) is 22.7 Å². The minimum absolute atomic E-state index is 0.284. The molecule has 0 aliphatic heterocycles. The molecule has 0 radical (unpaired) electrons. The van der Waals surface area contributed by atoms with E-state index in [9.17, 15) is 9.50 Å². The normalized spacial score (nSPS) is 17.8. The van der Waals surface area contributed by atoms with Crippen molar-refractivity contribution in [2.75, 3.05) is 0 Å². The second-order valence-electron chi connectivity index (χ2n) is 4.21. The van der Waals surface area contributed by atoms with Crippen LogP contribution in [0, 0.1) is 11.7 Å². The van der Waals surface area contributed by atoms with E-state index in [0.717, 1.165) is 24.3 Å². The number of benzene rings is 1. The Balaban J connectivity index is 1.97. The fourth-order valence-electron chi connectivity index (χ4n) is 1.69. The maximum atomic E-state index is 13.0. The third kappa shape index (κ3) is 3.02. The molecule has 1 atom stereocenters. The van der Waals surface area contributed by atoms with Crippen LogP contribution in [0.25, 0.3) is 0 Å². The summed E-state index contributed by atoms with van der Waals surface area (Å²) in [5.41, 5.74) is 0.795. The van der Waals surface area contributed by atoms with Crippen LogP contribution in [0.4, 0.5) is 4.39 Å². The molecule has 15 heavy (non-hydrogen) atoms. The number of halogens is 2. The molecule has 0 saturated heterocycles. The molecular weight excluding hydrogens is 259 g/mol.